The van der Waals surface area contributed by atoms with Crippen molar-refractivity contribution in [1.29, 1.82) is 0 Å². The Morgan fingerprint density at radius 3 is 1.21 bits per heavy atom. The Morgan fingerprint density at radius 2 is 0.810 bits per heavy atom. The smallest absolute Gasteiger partial charge is 0.344 e. The van der Waals surface area contributed by atoms with E-state index in [1.807, 2.05) is 126 Å². The fourth-order valence-electron chi connectivity index (χ4n) is 8.82. The number of hydrogen-bond acceptors (Lipinski definition) is 16. The van der Waals surface area contributed by atoms with E-state index in [0.29, 0.717) is 38.9 Å². The Balaban J connectivity index is 0.000000157. The summed E-state index contributed by atoms with van der Waals surface area (Å²) >= 11 is 3.38. The maximum Gasteiger partial charge on any atom is 0.344 e. The highest BCUT2D eigenvalue weighted by Gasteiger charge is 2.14. The van der Waals surface area contributed by atoms with Gasteiger partial charge in [-0.3, -0.25) is 39.2 Å². The number of morpholine rings is 2. The molecule has 0 unspecified atom stereocenters. The van der Waals surface area contributed by atoms with E-state index in [9.17, 15) is 33.6 Å². The Hall–Kier alpha value is -8.71. The number of H-pyrrole nitrogens is 4. The number of aromatic nitrogens is 9. The predicted octanol–water partition coefficient (Wildman–Crippen LogP) is 4.60. The molecule has 4 N–H and O–H groups in total. The molecule has 3 aromatic heterocycles. The van der Waals surface area contributed by atoms with Crippen molar-refractivity contribution in [2.24, 2.45) is 0 Å². The second-order valence-corrected chi connectivity index (χ2v) is 20.5. The minimum Gasteiger partial charge on any atom is -0.468 e. The average molecular weight is 1220 g/mol. The van der Waals surface area contributed by atoms with Crippen LogP contribution in [-0.4, -0.2) is 110 Å². The molecule has 3 aliphatic rings. The van der Waals surface area contributed by atoms with Crippen LogP contribution in [0.15, 0.2) is 171 Å². The number of halogens is 1. The molecule has 23 nitrogen and oxygen atoms in total. The third-order valence-corrected chi connectivity index (χ3v) is 14.1. The highest BCUT2D eigenvalue weighted by atomic mass is 79.9. The number of aromatic amines is 4. The zero-order chi connectivity index (χ0) is 58.9. The fraction of sp³-hybridized carbons (Fsp3) is 0.350. The predicted molar refractivity (Wildman–Crippen MR) is 321 cm³/mol. The summed E-state index contributed by atoms with van der Waals surface area (Å²) in [6, 6.07) is 43.1. The van der Waals surface area contributed by atoms with Crippen molar-refractivity contribution in [3.8, 4) is 11.8 Å². The van der Waals surface area contributed by atoms with E-state index in [2.05, 4.69) is 63.1 Å². The minimum atomic E-state index is -0.930. The van der Waals surface area contributed by atoms with Crippen LogP contribution in [0, 0.1) is 0 Å². The monoisotopic (exact) mass is 1210 g/mol. The molecule has 11 rings (SSSR count). The van der Waals surface area contributed by atoms with Crippen LogP contribution in [0.5, 0.6) is 11.8 Å². The summed E-state index contributed by atoms with van der Waals surface area (Å²) in [5.74, 6) is -0.222. The summed E-state index contributed by atoms with van der Waals surface area (Å²) in [6.45, 7) is 9.92. The Morgan fingerprint density at radius 1 is 0.417 bits per heavy atom. The zero-order valence-electron chi connectivity index (χ0n) is 46.5. The van der Waals surface area contributed by atoms with Crippen LogP contribution in [0.3, 0.4) is 0 Å². The summed E-state index contributed by atoms with van der Waals surface area (Å²) in [5, 5.41) is 10.4. The lowest BCUT2D eigenvalue weighted by molar-refractivity contribution is 0.0968. The van der Waals surface area contributed by atoms with E-state index < -0.39 is 39.3 Å². The van der Waals surface area contributed by atoms with Gasteiger partial charge in [0, 0.05) is 61.8 Å². The molecule has 3 aliphatic heterocycles. The first kappa shape index (κ1) is 61.4. The van der Waals surface area contributed by atoms with Gasteiger partial charge in [0.05, 0.1) is 39.5 Å². The largest absolute Gasteiger partial charge is 0.468 e. The molecule has 5 aromatic carbocycles. The van der Waals surface area contributed by atoms with E-state index in [-0.39, 0.29) is 25.0 Å². The zero-order valence-corrected chi connectivity index (χ0v) is 48.0. The molecule has 24 heteroatoms. The number of ether oxygens (including phenoxy) is 5. The number of aryl methyl sites for hydroxylation is 6. The molecule has 8 aromatic rings. The molecule has 0 spiro atoms. The number of benzene rings is 5. The van der Waals surface area contributed by atoms with Crippen LogP contribution in [0.1, 0.15) is 47.1 Å². The van der Waals surface area contributed by atoms with Crippen LogP contribution >= 0.6 is 15.9 Å². The van der Waals surface area contributed by atoms with Crippen molar-refractivity contribution in [3.63, 3.8) is 0 Å². The van der Waals surface area contributed by atoms with Crippen LogP contribution in [0.2, 0.25) is 0 Å². The number of nitrogens with zero attached hydrogens (tertiary/aromatic N) is 7. The van der Waals surface area contributed by atoms with Gasteiger partial charge in [-0.15, -0.1) is 10.2 Å². The van der Waals surface area contributed by atoms with Gasteiger partial charge in [-0.25, -0.2) is 28.4 Å². The SMILES string of the molecule is C1CCOCC1.O=c1[nH]c(=O)n(CCc2ccc(Br)cc2)nc1OCc1ccccc1.O=c1[nH]c(=O)n(CCc2ccc(N3CCOCC3)cc2)[nH]c1=O.O=c1[nH]c(=O)n(CCc2ccc(N3CCOCC3)cc2)nc1OCc1ccccc1. The summed E-state index contributed by atoms with van der Waals surface area (Å²) < 4.78 is 31.3. The van der Waals surface area contributed by atoms with Gasteiger partial charge in [0.15, 0.2) is 0 Å². The topological polar surface area (TPSA) is 276 Å². The van der Waals surface area contributed by atoms with Gasteiger partial charge in [-0.05, 0) is 103 Å². The molecular formula is C60H68BrN11O12. The van der Waals surface area contributed by atoms with Gasteiger partial charge >= 0.3 is 39.3 Å². The highest BCUT2D eigenvalue weighted by Crippen LogP contribution is 2.19. The number of hydrogen-bond donors (Lipinski definition) is 4. The molecule has 84 heavy (non-hydrogen) atoms. The maximum atomic E-state index is 12.1. The van der Waals surface area contributed by atoms with Crippen LogP contribution in [0.25, 0.3) is 0 Å². The second-order valence-electron chi connectivity index (χ2n) is 19.6. The molecule has 0 saturated carbocycles. The lowest BCUT2D eigenvalue weighted by atomic mass is 10.1. The van der Waals surface area contributed by atoms with Crippen molar-refractivity contribution in [2.45, 2.75) is 71.4 Å². The molecular weight excluding hydrogens is 1150 g/mol. The van der Waals surface area contributed by atoms with Gasteiger partial charge in [0.1, 0.15) is 13.2 Å². The quantitative estimate of drug-likeness (QED) is 0.0907. The number of rotatable bonds is 17. The minimum absolute atomic E-state index is 0.110. The van der Waals surface area contributed by atoms with Gasteiger partial charge < -0.3 is 33.5 Å². The molecule has 0 atom stereocenters. The van der Waals surface area contributed by atoms with Gasteiger partial charge in [0.25, 0.3) is 11.8 Å². The van der Waals surface area contributed by atoms with Crippen molar-refractivity contribution >= 4 is 27.3 Å². The van der Waals surface area contributed by atoms with Crippen molar-refractivity contribution in [3.05, 3.63) is 239 Å². The lowest BCUT2D eigenvalue weighted by Crippen LogP contribution is -2.43. The standard InChI is InChI=1S/C22H24N4O4.C18H16BrN3O3.C15H18N4O4.C5H10O/c27-20-21(30-16-18-4-2-1-3-5-18)24-26(22(28)23-20)11-10-17-6-8-19(9-7-17)25-12-14-29-15-13-25;19-15-8-6-13(7-9-15)10-11-22-18(24)20-16(23)17(21-22)25-12-14-4-2-1-3-5-14;20-13-14(21)17-19(15(22)16-13)6-5-11-1-3-12(4-2-11)18-7-9-23-10-8-18;1-2-4-6-5-3-1/h1-9H,10-16H2,(H,23,27,28);1-9H,10-12H2,(H,20,23,24);1-4H,5-10H2,(H,17,21)(H,16,20,22);1-5H2. The third-order valence-electron chi connectivity index (χ3n) is 13.5. The summed E-state index contributed by atoms with van der Waals surface area (Å²) in [7, 11) is 0. The molecule has 6 heterocycles. The molecule has 442 valence electrons. The Bertz CT molecular complexity index is 3710. The molecule has 3 fully saturated rings. The summed E-state index contributed by atoms with van der Waals surface area (Å²) in [6.07, 6.45) is 5.73. The molecule has 3 saturated heterocycles. The summed E-state index contributed by atoms with van der Waals surface area (Å²) in [5.41, 5.74) is 2.62. The normalized spacial score (nSPS) is 13.9. The van der Waals surface area contributed by atoms with Crippen molar-refractivity contribution in [1.82, 2.24) is 44.3 Å². The van der Waals surface area contributed by atoms with Gasteiger partial charge in [-0.1, -0.05) is 113 Å². The first-order valence-electron chi connectivity index (χ1n) is 27.8. The second kappa shape index (κ2) is 32.2. The van der Waals surface area contributed by atoms with Gasteiger partial charge in [-0.2, -0.15) is 0 Å². The Labute approximate surface area is 490 Å². The fourth-order valence-corrected chi connectivity index (χ4v) is 9.08. The van der Waals surface area contributed by atoms with Crippen LogP contribution < -0.4 is 58.6 Å². The van der Waals surface area contributed by atoms with Gasteiger partial charge in [0.2, 0.25) is 0 Å². The highest BCUT2D eigenvalue weighted by molar-refractivity contribution is 9.10. The first-order chi connectivity index (χ1) is 40.9. The first-order valence-corrected chi connectivity index (χ1v) is 28.6. The number of nitrogens with one attached hydrogen (secondary N) is 4. The van der Waals surface area contributed by atoms with Crippen molar-refractivity contribution < 1.29 is 23.7 Å². The lowest BCUT2D eigenvalue weighted by Gasteiger charge is -2.28. The Kier molecular flexibility index (Phi) is 23.5. The van der Waals surface area contributed by atoms with E-state index >= 15 is 0 Å². The molecule has 0 bridgehead atoms. The summed E-state index contributed by atoms with van der Waals surface area (Å²) in [4.78, 5) is 92.8. The van der Waals surface area contributed by atoms with E-state index in [1.165, 1.54) is 28.6 Å². The van der Waals surface area contributed by atoms with E-state index in [0.717, 1.165) is 114 Å². The average Bonchev–Trinajstić information content (AvgIpc) is 3.55. The van der Waals surface area contributed by atoms with E-state index in [1.54, 1.807) is 0 Å². The van der Waals surface area contributed by atoms with E-state index in [4.69, 9.17) is 23.7 Å². The molecule has 0 radical (unpaired) electrons. The van der Waals surface area contributed by atoms with Crippen LogP contribution in [-0.2, 0) is 66.3 Å². The maximum absolute atomic E-state index is 12.1. The van der Waals surface area contributed by atoms with Crippen LogP contribution in [0.4, 0.5) is 11.4 Å². The molecule has 0 amide bonds. The molecule has 0 aliphatic carbocycles. The third kappa shape index (κ3) is 19.5. The number of anilines is 2. The van der Waals surface area contributed by atoms with Crippen molar-refractivity contribution in [2.75, 3.05) is 75.6 Å².